The standard InChI is InChI=1S/C16H25N3O3/c1-4-14(15-17-16(22-18-15)12-5-6-12)19(7-1)8-10-20-11-13-3-2-9-21-13/h12-14H,1-11H2. The van der Waals surface area contributed by atoms with Gasteiger partial charge in [-0.25, -0.2) is 0 Å². The molecule has 4 rings (SSSR count). The van der Waals surface area contributed by atoms with Crippen LogP contribution in [-0.4, -0.2) is 54.1 Å². The van der Waals surface area contributed by atoms with E-state index in [2.05, 4.69) is 15.0 Å². The van der Waals surface area contributed by atoms with Crippen LogP contribution in [0, 0.1) is 0 Å². The van der Waals surface area contributed by atoms with Crippen molar-refractivity contribution in [2.75, 3.05) is 32.9 Å². The first-order chi connectivity index (χ1) is 10.9. The van der Waals surface area contributed by atoms with Gasteiger partial charge in [-0.05, 0) is 45.1 Å². The summed E-state index contributed by atoms with van der Waals surface area (Å²) in [5, 5.41) is 4.21. The molecule has 3 fully saturated rings. The second-order valence-electron chi connectivity index (χ2n) is 6.67. The molecule has 2 saturated heterocycles. The third-order valence-electron chi connectivity index (χ3n) is 4.90. The highest BCUT2D eigenvalue weighted by molar-refractivity contribution is 5.05. The fourth-order valence-electron chi connectivity index (χ4n) is 3.44. The van der Waals surface area contributed by atoms with E-state index >= 15 is 0 Å². The van der Waals surface area contributed by atoms with Gasteiger partial charge >= 0.3 is 0 Å². The van der Waals surface area contributed by atoms with Gasteiger partial charge in [0, 0.05) is 19.1 Å². The van der Waals surface area contributed by atoms with Crippen LogP contribution in [0.25, 0.3) is 0 Å². The van der Waals surface area contributed by atoms with Crippen LogP contribution >= 0.6 is 0 Å². The average Bonchev–Trinajstić information content (AvgIpc) is 3.00. The van der Waals surface area contributed by atoms with Gasteiger partial charge in [0.25, 0.3) is 0 Å². The first-order valence-corrected chi connectivity index (χ1v) is 8.67. The maximum atomic E-state index is 5.79. The molecule has 0 bridgehead atoms. The molecule has 6 heteroatoms. The number of rotatable bonds is 7. The minimum absolute atomic E-state index is 0.308. The summed E-state index contributed by atoms with van der Waals surface area (Å²) in [5.74, 6) is 2.25. The maximum Gasteiger partial charge on any atom is 0.229 e. The molecule has 3 heterocycles. The summed E-state index contributed by atoms with van der Waals surface area (Å²) in [5.41, 5.74) is 0. The van der Waals surface area contributed by atoms with Crippen LogP contribution in [0.1, 0.15) is 62.2 Å². The summed E-state index contributed by atoms with van der Waals surface area (Å²) in [6, 6.07) is 0.308. The highest BCUT2D eigenvalue weighted by Gasteiger charge is 2.34. The SMILES string of the molecule is C1COC(COCCN2CCCC2c2noc(C3CC3)n2)C1. The van der Waals surface area contributed by atoms with Crippen LogP contribution in [0.2, 0.25) is 0 Å². The molecule has 1 aromatic rings. The Bertz CT molecular complexity index is 483. The molecule has 2 atom stereocenters. The van der Waals surface area contributed by atoms with Crippen LogP contribution < -0.4 is 0 Å². The lowest BCUT2D eigenvalue weighted by molar-refractivity contribution is 0.00920. The van der Waals surface area contributed by atoms with Gasteiger partial charge in [-0.15, -0.1) is 0 Å². The normalized spacial score (nSPS) is 29.5. The zero-order valence-corrected chi connectivity index (χ0v) is 13.1. The molecule has 2 aliphatic heterocycles. The maximum absolute atomic E-state index is 5.79. The summed E-state index contributed by atoms with van der Waals surface area (Å²) >= 11 is 0. The number of nitrogens with zero attached hydrogens (tertiary/aromatic N) is 3. The smallest absolute Gasteiger partial charge is 0.229 e. The van der Waals surface area contributed by atoms with Crippen LogP contribution in [0.4, 0.5) is 0 Å². The number of hydrogen-bond donors (Lipinski definition) is 0. The highest BCUT2D eigenvalue weighted by Crippen LogP contribution is 2.40. The largest absolute Gasteiger partial charge is 0.377 e. The molecule has 3 aliphatic rings. The zero-order chi connectivity index (χ0) is 14.8. The Morgan fingerprint density at radius 3 is 2.95 bits per heavy atom. The van der Waals surface area contributed by atoms with Crippen LogP contribution in [0.15, 0.2) is 4.52 Å². The van der Waals surface area contributed by atoms with Crippen molar-refractivity contribution in [1.29, 1.82) is 0 Å². The predicted molar refractivity (Wildman–Crippen MR) is 79.6 cm³/mol. The van der Waals surface area contributed by atoms with Gasteiger partial charge in [-0.1, -0.05) is 5.16 Å². The van der Waals surface area contributed by atoms with E-state index in [1.54, 1.807) is 0 Å². The van der Waals surface area contributed by atoms with Crippen molar-refractivity contribution in [3.63, 3.8) is 0 Å². The lowest BCUT2D eigenvalue weighted by Crippen LogP contribution is -2.29. The molecular weight excluding hydrogens is 282 g/mol. The molecule has 0 spiro atoms. The first-order valence-electron chi connectivity index (χ1n) is 8.67. The summed E-state index contributed by atoms with van der Waals surface area (Å²) < 4.78 is 16.8. The number of ether oxygens (including phenoxy) is 2. The van der Waals surface area contributed by atoms with E-state index in [1.165, 1.54) is 25.7 Å². The Kier molecular flexibility index (Phi) is 4.41. The molecule has 2 unspecified atom stereocenters. The van der Waals surface area contributed by atoms with E-state index in [1.807, 2.05) is 0 Å². The summed E-state index contributed by atoms with van der Waals surface area (Å²) in [6.07, 6.45) is 7.34. The van der Waals surface area contributed by atoms with E-state index in [4.69, 9.17) is 14.0 Å². The second-order valence-corrected chi connectivity index (χ2v) is 6.67. The fourth-order valence-corrected chi connectivity index (χ4v) is 3.44. The van der Waals surface area contributed by atoms with Crippen LogP contribution in [-0.2, 0) is 9.47 Å². The van der Waals surface area contributed by atoms with Crippen molar-refractivity contribution in [3.8, 4) is 0 Å². The number of hydrogen-bond acceptors (Lipinski definition) is 6. The Balaban J connectivity index is 1.25. The lowest BCUT2D eigenvalue weighted by Gasteiger charge is -2.22. The molecule has 0 amide bonds. The molecule has 0 aromatic carbocycles. The molecular formula is C16H25N3O3. The van der Waals surface area contributed by atoms with E-state index in [9.17, 15) is 0 Å². The van der Waals surface area contributed by atoms with Gasteiger partial charge in [0.1, 0.15) is 0 Å². The van der Waals surface area contributed by atoms with Crippen molar-refractivity contribution in [1.82, 2.24) is 15.0 Å². The van der Waals surface area contributed by atoms with E-state index in [0.717, 1.165) is 57.5 Å². The third kappa shape index (κ3) is 3.34. The summed E-state index contributed by atoms with van der Waals surface area (Å²) in [7, 11) is 0. The minimum atomic E-state index is 0.308. The van der Waals surface area contributed by atoms with Gasteiger partial charge in [0.15, 0.2) is 5.82 Å². The third-order valence-corrected chi connectivity index (χ3v) is 4.90. The zero-order valence-electron chi connectivity index (χ0n) is 13.1. The fraction of sp³-hybridized carbons (Fsp3) is 0.875. The molecule has 1 aromatic heterocycles. The van der Waals surface area contributed by atoms with E-state index < -0.39 is 0 Å². The topological polar surface area (TPSA) is 60.6 Å². The lowest BCUT2D eigenvalue weighted by atomic mass is 10.2. The van der Waals surface area contributed by atoms with Gasteiger partial charge in [0.05, 0.1) is 25.4 Å². The Labute approximate surface area is 131 Å². The van der Waals surface area contributed by atoms with E-state index in [0.29, 0.717) is 18.1 Å². The molecule has 22 heavy (non-hydrogen) atoms. The van der Waals surface area contributed by atoms with Crippen molar-refractivity contribution < 1.29 is 14.0 Å². The Morgan fingerprint density at radius 2 is 2.14 bits per heavy atom. The van der Waals surface area contributed by atoms with Crippen molar-refractivity contribution >= 4 is 0 Å². The monoisotopic (exact) mass is 307 g/mol. The summed E-state index contributed by atoms with van der Waals surface area (Å²) in [4.78, 5) is 7.04. The van der Waals surface area contributed by atoms with Crippen molar-refractivity contribution in [3.05, 3.63) is 11.7 Å². The van der Waals surface area contributed by atoms with Gasteiger partial charge in [0.2, 0.25) is 5.89 Å². The van der Waals surface area contributed by atoms with E-state index in [-0.39, 0.29) is 0 Å². The Hall–Kier alpha value is -0.980. The van der Waals surface area contributed by atoms with Gasteiger partial charge in [-0.3, -0.25) is 4.90 Å². The van der Waals surface area contributed by atoms with Gasteiger partial charge < -0.3 is 14.0 Å². The highest BCUT2D eigenvalue weighted by atomic mass is 16.5. The van der Waals surface area contributed by atoms with Crippen molar-refractivity contribution in [2.45, 2.75) is 56.6 Å². The Morgan fingerprint density at radius 1 is 1.18 bits per heavy atom. The molecule has 6 nitrogen and oxygen atoms in total. The van der Waals surface area contributed by atoms with Gasteiger partial charge in [-0.2, -0.15) is 4.98 Å². The predicted octanol–water partition coefficient (Wildman–Crippen LogP) is 2.28. The first kappa shape index (κ1) is 14.6. The second kappa shape index (κ2) is 6.64. The summed E-state index contributed by atoms with van der Waals surface area (Å²) in [6.45, 7) is 4.41. The molecule has 0 N–H and O–H groups in total. The molecule has 0 radical (unpaired) electrons. The van der Waals surface area contributed by atoms with Crippen LogP contribution in [0.5, 0.6) is 0 Å². The minimum Gasteiger partial charge on any atom is -0.377 e. The number of likely N-dealkylation sites (tertiary alicyclic amines) is 1. The molecule has 122 valence electrons. The average molecular weight is 307 g/mol. The molecule has 1 saturated carbocycles. The number of aromatic nitrogens is 2. The molecule has 1 aliphatic carbocycles. The van der Waals surface area contributed by atoms with Crippen molar-refractivity contribution in [2.24, 2.45) is 0 Å². The van der Waals surface area contributed by atoms with Crippen LogP contribution in [0.3, 0.4) is 0 Å². The quantitative estimate of drug-likeness (QED) is 0.720.